The summed E-state index contributed by atoms with van der Waals surface area (Å²) in [5.74, 6) is 0.759. The van der Waals surface area contributed by atoms with E-state index in [4.69, 9.17) is 23.4 Å². The Morgan fingerprint density at radius 2 is 1.54 bits per heavy atom. The molecule has 1 N–H and O–H groups in total. The number of ether oxygens (including phenoxy) is 4. The van der Waals surface area contributed by atoms with E-state index in [9.17, 15) is 9.90 Å². The van der Waals surface area contributed by atoms with Crippen molar-refractivity contribution in [2.24, 2.45) is 23.7 Å². The summed E-state index contributed by atoms with van der Waals surface area (Å²) in [4.78, 5) is 14.3. The van der Waals surface area contributed by atoms with Crippen molar-refractivity contribution in [2.45, 2.75) is 89.4 Å². The molecule has 0 amide bonds. The number of thioether (sulfide) groups is 2. The van der Waals surface area contributed by atoms with Crippen LogP contribution < -0.4 is 0 Å². The number of aliphatic hydroxyl groups excluding tert-OH is 1. The quantitative estimate of drug-likeness (QED) is 0.356. The first kappa shape index (κ1) is 30.3. The van der Waals surface area contributed by atoms with E-state index < -0.39 is 31.9 Å². The molecule has 4 saturated heterocycles. The van der Waals surface area contributed by atoms with Gasteiger partial charge in [0.25, 0.3) is 0 Å². The summed E-state index contributed by atoms with van der Waals surface area (Å²) < 4.78 is 31.9. The van der Waals surface area contributed by atoms with E-state index in [2.05, 4.69) is 20.8 Å². The van der Waals surface area contributed by atoms with Crippen LogP contribution in [0.25, 0.3) is 0 Å². The van der Waals surface area contributed by atoms with E-state index in [-0.39, 0.29) is 29.6 Å². The zero-order valence-corrected chi connectivity index (χ0v) is 26.0. The van der Waals surface area contributed by atoms with Gasteiger partial charge in [0, 0.05) is 35.5 Å². The molecule has 0 aromatic carbocycles. The van der Waals surface area contributed by atoms with Gasteiger partial charge in [0.05, 0.1) is 50.5 Å². The molecule has 0 aliphatic carbocycles. The van der Waals surface area contributed by atoms with Crippen LogP contribution in [0.5, 0.6) is 0 Å². The minimum atomic E-state index is -2.04. The predicted octanol–water partition coefficient (Wildman–Crippen LogP) is 4.57. The number of carbonyl (C=O) groups is 1. The molecule has 4 fully saturated rings. The van der Waals surface area contributed by atoms with Gasteiger partial charge in [-0.3, -0.25) is 4.79 Å². The largest absolute Gasteiger partial charge is 0.413 e. The predicted molar refractivity (Wildman–Crippen MR) is 152 cm³/mol. The zero-order valence-electron chi connectivity index (χ0n) is 23.4. The van der Waals surface area contributed by atoms with Crippen molar-refractivity contribution < 1.29 is 33.3 Å². The number of hydrogen-bond acceptors (Lipinski definition) is 9. The third kappa shape index (κ3) is 5.89. The van der Waals surface area contributed by atoms with Gasteiger partial charge in [0.1, 0.15) is 5.78 Å². The van der Waals surface area contributed by atoms with Crippen LogP contribution in [0.15, 0.2) is 0 Å². The molecule has 37 heavy (non-hydrogen) atoms. The molecule has 214 valence electrons. The van der Waals surface area contributed by atoms with Gasteiger partial charge in [-0.15, -0.1) is 0 Å². The highest BCUT2D eigenvalue weighted by Gasteiger charge is 2.56. The molecule has 4 aliphatic rings. The van der Waals surface area contributed by atoms with Gasteiger partial charge in [0.2, 0.25) is 0 Å². The number of ketones is 1. The second-order valence-corrected chi connectivity index (χ2v) is 18.0. The van der Waals surface area contributed by atoms with Crippen LogP contribution in [0.4, 0.5) is 0 Å². The Labute approximate surface area is 232 Å². The highest BCUT2D eigenvalue weighted by Crippen LogP contribution is 2.47. The van der Waals surface area contributed by atoms with Crippen LogP contribution in [0.3, 0.4) is 0 Å². The third-order valence-electron chi connectivity index (χ3n) is 9.56. The highest BCUT2D eigenvalue weighted by atomic mass is 32.2. The molecular weight excluding hydrogens is 529 g/mol. The van der Waals surface area contributed by atoms with E-state index in [1.807, 2.05) is 25.6 Å². The van der Waals surface area contributed by atoms with Crippen molar-refractivity contribution >= 4 is 37.6 Å². The smallest absolute Gasteiger partial charge is 0.192 e. The molecule has 7 nitrogen and oxygen atoms in total. The molecule has 0 unspecified atom stereocenters. The SMILES string of the molecule is CCC1([C@@H](C)[C@H](O)[C@H]2CSC[C@H]([C@@H](O[Si](CC)(CC)CC)[C@@H]3CSCCC34OCCO4)C2=O)OCCO1. The Bertz CT molecular complexity index is 747. The number of hydrogen-bond donors (Lipinski definition) is 1. The lowest BCUT2D eigenvalue weighted by atomic mass is 9.76. The van der Waals surface area contributed by atoms with Crippen LogP contribution in [0.2, 0.25) is 18.1 Å². The number of carbonyl (C=O) groups excluding carboxylic acids is 1. The maximum atomic E-state index is 14.3. The number of aliphatic hydroxyl groups is 1. The Kier molecular flexibility index (Phi) is 10.6. The number of Topliss-reactive ketones (excluding diaryl/α,β-unsaturated/α-hetero) is 1. The first-order chi connectivity index (χ1) is 17.8. The molecule has 0 bridgehead atoms. The molecule has 0 aromatic rings. The minimum absolute atomic E-state index is 0.00313. The maximum Gasteiger partial charge on any atom is 0.192 e. The summed E-state index contributed by atoms with van der Waals surface area (Å²) in [5.41, 5.74) is 0. The summed E-state index contributed by atoms with van der Waals surface area (Å²) in [6.07, 6.45) is 0.372. The molecule has 4 rings (SSSR count). The van der Waals surface area contributed by atoms with Gasteiger partial charge in [-0.2, -0.15) is 23.5 Å². The van der Waals surface area contributed by atoms with E-state index in [0.717, 1.165) is 36.1 Å². The fraction of sp³-hybridized carbons (Fsp3) is 0.963. The lowest BCUT2D eigenvalue weighted by Gasteiger charge is -2.49. The van der Waals surface area contributed by atoms with Crippen molar-refractivity contribution in [3.63, 3.8) is 0 Å². The first-order valence-electron chi connectivity index (χ1n) is 14.4. The lowest BCUT2D eigenvalue weighted by molar-refractivity contribution is -0.220. The fourth-order valence-electron chi connectivity index (χ4n) is 6.80. The van der Waals surface area contributed by atoms with Crippen molar-refractivity contribution in [1.29, 1.82) is 0 Å². The Morgan fingerprint density at radius 3 is 2.14 bits per heavy atom. The normalized spacial score (nSPS) is 32.5. The van der Waals surface area contributed by atoms with Crippen molar-refractivity contribution in [1.82, 2.24) is 0 Å². The van der Waals surface area contributed by atoms with E-state index in [1.54, 1.807) is 11.8 Å². The molecule has 6 atom stereocenters. The summed E-state index contributed by atoms with van der Waals surface area (Å²) in [6, 6.07) is 3.07. The zero-order chi connectivity index (χ0) is 26.7. The van der Waals surface area contributed by atoms with Gasteiger partial charge in [-0.1, -0.05) is 34.6 Å². The highest BCUT2D eigenvalue weighted by molar-refractivity contribution is 7.99. The minimum Gasteiger partial charge on any atom is -0.413 e. The summed E-state index contributed by atoms with van der Waals surface area (Å²) in [5, 5.41) is 11.6. The van der Waals surface area contributed by atoms with Crippen LogP contribution in [-0.2, 0) is 28.2 Å². The topological polar surface area (TPSA) is 83.5 Å². The Morgan fingerprint density at radius 1 is 0.946 bits per heavy atom. The Balaban J connectivity index is 1.63. The molecule has 10 heteroatoms. The van der Waals surface area contributed by atoms with Crippen molar-refractivity contribution in [3.05, 3.63) is 0 Å². The van der Waals surface area contributed by atoms with Crippen molar-refractivity contribution in [2.75, 3.05) is 49.4 Å². The van der Waals surface area contributed by atoms with Gasteiger partial charge in [-0.25, -0.2) is 0 Å². The van der Waals surface area contributed by atoms with E-state index in [0.29, 0.717) is 44.4 Å². The molecule has 1 spiro atoms. The molecule has 0 aromatic heterocycles. The second-order valence-electron chi connectivity index (χ2n) is 11.1. The van der Waals surface area contributed by atoms with Crippen LogP contribution in [0, 0.1) is 23.7 Å². The summed E-state index contributed by atoms with van der Waals surface area (Å²) >= 11 is 3.68. The first-order valence-corrected chi connectivity index (χ1v) is 19.3. The molecule has 0 saturated carbocycles. The average molecular weight is 577 g/mol. The standard InChI is InChI=1S/C27H48O7S2Si/c1-6-26(30-11-12-31-26)19(5)23(28)20-16-36-17-21(24(20)29)25(34-37(7-2,8-3)9-4)22-18-35-15-10-27(22)32-13-14-33-27/h19-23,25,28H,6-18H2,1-5H3/t19-,20+,21-,22-,23-,25+/m0/s1. The fourth-order valence-corrected chi connectivity index (χ4v) is 12.4. The van der Waals surface area contributed by atoms with Gasteiger partial charge in [0.15, 0.2) is 19.9 Å². The molecule has 0 radical (unpaired) electrons. The van der Waals surface area contributed by atoms with Crippen molar-refractivity contribution in [3.8, 4) is 0 Å². The molecule has 4 heterocycles. The lowest BCUT2D eigenvalue weighted by Crippen LogP contribution is -2.59. The van der Waals surface area contributed by atoms with E-state index in [1.165, 1.54) is 0 Å². The maximum absolute atomic E-state index is 14.3. The molecular formula is C27H48O7S2Si. The van der Waals surface area contributed by atoms with Gasteiger partial charge in [-0.05, 0) is 30.3 Å². The molecule has 4 aliphatic heterocycles. The second kappa shape index (κ2) is 12.9. The average Bonchev–Trinajstić information content (AvgIpc) is 3.61. The van der Waals surface area contributed by atoms with Crippen LogP contribution in [-0.4, -0.2) is 92.4 Å². The van der Waals surface area contributed by atoms with Gasteiger partial charge >= 0.3 is 0 Å². The Hall–Kier alpha value is 0.347. The van der Waals surface area contributed by atoms with E-state index >= 15 is 0 Å². The third-order valence-corrected chi connectivity index (χ3v) is 16.5. The van der Waals surface area contributed by atoms with Gasteiger partial charge < -0.3 is 28.5 Å². The van der Waals surface area contributed by atoms with Crippen LogP contribution in [0.1, 0.15) is 47.5 Å². The summed E-state index contributed by atoms with van der Waals surface area (Å²) in [6.45, 7) is 12.9. The summed E-state index contributed by atoms with van der Waals surface area (Å²) in [7, 11) is -2.04. The van der Waals surface area contributed by atoms with Crippen LogP contribution >= 0.6 is 23.5 Å². The monoisotopic (exact) mass is 576 g/mol. The number of rotatable bonds is 11.